The molecule has 0 aliphatic heterocycles. The first-order valence-electron chi connectivity index (χ1n) is 3.61. The third-order valence-electron chi connectivity index (χ3n) is 1.38. The van der Waals surface area contributed by atoms with Crippen LogP contribution >= 0.6 is 0 Å². The van der Waals surface area contributed by atoms with Gasteiger partial charge < -0.3 is 0 Å². The number of hydrogen-bond donors (Lipinski definition) is 0. The van der Waals surface area contributed by atoms with E-state index in [1.165, 1.54) is 30.3 Å². The molecule has 0 amide bonds. The predicted molar refractivity (Wildman–Crippen MR) is 50.3 cm³/mol. The number of halogens is 1. The van der Waals surface area contributed by atoms with E-state index in [-0.39, 0.29) is 5.82 Å². The van der Waals surface area contributed by atoms with E-state index in [2.05, 4.69) is 0 Å². The van der Waals surface area contributed by atoms with Crippen LogP contribution in [0.5, 0.6) is 0 Å². The molecule has 13 heavy (non-hydrogen) atoms. The number of benzene rings is 1. The Hall–Kier alpha value is -1.16. The van der Waals surface area contributed by atoms with Crippen molar-refractivity contribution in [1.29, 1.82) is 0 Å². The second kappa shape index (κ2) is 3.70. The maximum absolute atomic E-state index is 12.4. The highest BCUT2D eigenvalue weighted by Gasteiger charge is 1.93. The summed E-state index contributed by atoms with van der Waals surface area (Å²) in [4.78, 5) is 0. The Bertz CT molecular complexity index is 404. The molecule has 0 bridgehead atoms. The zero-order valence-electron chi connectivity index (χ0n) is 7.07. The van der Waals surface area contributed by atoms with Crippen molar-refractivity contribution in [3.05, 3.63) is 41.1 Å². The minimum atomic E-state index is -3.11. The van der Waals surface area contributed by atoms with Gasteiger partial charge in [0.1, 0.15) is 5.82 Å². The molecule has 4 heteroatoms. The molecule has 0 fully saturated rings. The predicted octanol–water partition coefficient (Wildman–Crippen LogP) is 1.84. The van der Waals surface area contributed by atoms with Crippen molar-refractivity contribution in [2.75, 3.05) is 6.26 Å². The van der Waals surface area contributed by atoms with Gasteiger partial charge in [0.15, 0.2) is 9.84 Å². The van der Waals surface area contributed by atoms with Crippen LogP contribution in [-0.4, -0.2) is 14.7 Å². The fraction of sp³-hybridized carbons (Fsp3) is 0.111. The third-order valence-corrected chi connectivity index (χ3v) is 2.01. The summed E-state index contributed by atoms with van der Waals surface area (Å²) in [6, 6.07) is 5.58. The van der Waals surface area contributed by atoms with Gasteiger partial charge in [0.25, 0.3) is 0 Å². The van der Waals surface area contributed by atoms with Crippen molar-refractivity contribution in [1.82, 2.24) is 0 Å². The van der Waals surface area contributed by atoms with Crippen molar-refractivity contribution < 1.29 is 12.8 Å². The van der Waals surface area contributed by atoms with Gasteiger partial charge >= 0.3 is 0 Å². The van der Waals surface area contributed by atoms with Gasteiger partial charge in [0.05, 0.1) is 0 Å². The van der Waals surface area contributed by atoms with E-state index in [9.17, 15) is 12.8 Å². The molecule has 1 aromatic carbocycles. The van der Waals surface area contributed by atoms with Crippen LogP contribution in [0.4, 0.5) is 4.39 Å². The maximum Gasteiger partial charge on any atom is 0.168 e. The quantitative estimate of drug-likeness (QED) is 0.730. The van der Waals surface area contributed by atoms with Crippen LogP contribution in [0.2, 0.25) is 0 Å². The maximum atomic E-state index is 12.4. The molecule has 70 valence electrons. The first-order chi connectivity index (χ1) is 5.97. The molecule has 1 rings (SSSR count). The molecule has 0 saturated carbocycles. The summed E-state index contributed by atoms with van der Waals surface area (Å²) in [5.74, 6) is -0.337. The lowest BCUT2D eigenvalue weighted by Crippen LogP contribution is -1.87. The number of hydrogen-bond acceptors (Lipinski definition) is 2. The Labute approximate surface area is 76.6 Å². The molecule has 2 nitrogen and oxygen atoms in total. The standard InChI is InChI=1S/C9H9FO2S/c1-13(11,12)7-6-8-2-4-9(10)5-3-8/h2-7H,1H3. The lowest BCUT2D eigenvalue weighted by atomic mass is 10.2. The highest BCUT2D eigenvalue weighted by molar-refractivity contribution is 7.93. The summed E-state index contributed by atoms with van der Waals surface area (Å²) >= 11 is 0. The van der Waals surface area contributed by atoms with Crippen LogP contribution in [0.15, 0.2) is 29.7 Å². The van der Waals surface area contributed by atoms with E-state index >= 15 is 0 Å². The molecular weight excluding hydrogens is 191 g/mol. The second-order valence-corrected chi connectivity index (χ2v) is 4.62. The molecule has 0 heterocycles. The van der Waals surface area contributed by atoms with E-state index in [1.54, 1.807) is 0 Å². The van der Waals surface area contributed by atoms with Crippen LogP contribution < -0.4 is 0 Å². The monoisotopic (exact) mass is 200 g/mol. The molecule has 0 radical (unpaired) electrons. The Morgan fingerprint density at radius 1 is 1.23 bits per heavy atom. The molecule has 1 aromatic rings. The van der Waals surface area contributed by atoms with E-state index in [0.29, 0.717) is 5.56 Å². The van der Waals surface area contributed by atoms with Crippen LogP contribution in [0, 0.1) is 5.82 Å². The van der Waals surface area contributed by atoms with Crippen LogP contribution in [0.25, 0.3) is 6.08 Å². The summed E-state index contributed by atoms with van der Waals surface area (Å²) in [6.45, 7) is 0. The molecule has 0 spiro atoms. The lowest BCUT2D eigenvalue weighted by Gasteiger charge is -1.91. The van der Waals surface area contributed by atoms with E-state index in [1.807, 2.05) is 0 Å². The minimum absolute atomic E-state index is 0.337. The molecule has 0 N–H and O–H groups in total. The Morgan fingerprint density at radius 2 is 1.77 bits per heavy atom. The van der Waals surface area contributed by atoms with Gasteiger partial charge in [-0.3, -0.25) is 0 Å². The van der Waals surface area contributed by atoms with Gasteiger partial charge in [-0.05, 0) is 23.8 Å². The Balaban J connectivity index is 2.88. The summed E-state index contributed by atoms with van der Waals surface area (Å²) in [6.07, 6.45) is 2.53. The van der Waals surface area contributed by atoms with E-state index in [0.717, 1.165) is 11.7 Å². The Morgan fingerprint density at radius 3 is 2.23 bits per heavy atom. The Kier molecular flexibility index (Phi) is 2.83. The second-order valence-electron chi connectivity index (χ2n) is 2.68. The molecule has 0 unspecified atom stereocenters. The first kappa shape index (κ1) is 9.92. The average Bonchev–Trinajstić information content (AvgIpc) is 2.02. The van der Waals surface area contributed by atoms with Gasteiger partial charge in [0, 0.05) is 11.7 Å². The van der Waals surface area contributed by atoms with Gasteiger partial charge in [-0.25, -0.2) is 12.8 Å². The largest absolute Gasteiger partial charge is 0.225 e. The summed E-state index contributed by atoms with van der Waals surface area (Å²) in [5, 5.41) is 1.08. The SMILES string of the molecule is CS(=O)(=O)C=Cc1ccc(F)cc1. The van der Waals surface area contributed by atoms with Crippen molar-refractivity contribution in [3.63, 3.8) is 0 Å². The molecule has 0 aliphatic carbocycles. The van der Waals surface area contributed by atoms with Crippen molar-refractivity contribution >= 4 is 15.9 Å². The van der Waals surface area contributed by atoms with Crippen LogP contribution in [0.3, 0.4) is 0 Å². The molecule has 0 atom stereocenters. The molecular formula is C9H9FO2S. The van der Waals surface area contributed by atoms with Crippen LogP contribution in [0.1, 0.15) is 5.56 Å². The highest BCUT2D eigenvalue weighted by Crippen LogP contribution is 2.05. The first-order valence-corrected chi connectivity index (χ1v) is 5.56. The zero-order valence-corrected chi connectivity index (χ0v) is 7.88. The normalized spacial score (nSPS) is 12.2. The summed E-state index contributed by atoms with van der Waals surface area (Å²) in [7, 11) is -3.11. The summed E-state index contributed by atoms with van der Waals surface area (Å²) in [5.41, 5.74) is 0.659. The highest BCUT2D eigenvalue weighted by atomic mass is 32.2. The van der Waals surface area contributed by atoms with Crippen LogP contribution in [-0.2, 0) is 9.84 Å². The average molecular weight is 200 g/mol. The third kappa shape index (κ3) is 3.85. The zero-order chi connectivity index (χ0) is 9.90. The van der Waals surface area contributed by atoms with Crippen molar-refractivity contribution in [3.8, 4) is 0 Å². The van der Waals surface area contributed by atoms with E-state index < -0.39 is 9.84 Å². The number of sulfone groups is 1. The minimum Gasteiger partial charge on any atom is -0.225 e. The fourth-order valence-corrected chi connectivity index (χ4v) is 1.18. The van der Waals surface area contributed by atoms with Gasteiger partial charge in [0.2, 0.25) is 0 Å². The van der Waals surface area contributed by atoms with Gasteiger partial charge in [-0.1, -0.05) is 12.1 Å². The summed E-state index contributed by atoms with van der Waals surface area (Å²) < 4.78 is 33.8. The lowest BCUT2D eigenvalue weighted by molar-refractivity contribution is 0.610. The van der Waals surface area contributed by atoms with Gasteiger partial charge in [-0.2, -0.15) is 0 Å². The van der Waals surface area contributed by atoms with Gasteiger partial charge in [-0.15, -0.1) is 0 Å². The smallest absolute Gasteiger partial charge is 0.168 e. The van der Waals surface area contributed by atoms with Crippen molar-refractivity contribution in [2.45, 2.75) is 0 Å². The molecule has 0 aliphatic rings. The van der Waals surface area contributed by atoms with E-state index in [4.69, 9.17) is 0 Å². The fourth-order valence-electron chi connectivity index (χ4n) is 0.776. The molecule has 0 saturated heterocycles. The topological polar surface area (TPSA) is 34.1 Å². The number of rotatable bonds is 2. The molecule has 0 aromatic heterocycles. The van der Waals surface area contributed by atoms with Crippen molar-refractivity contribution in [2.24, 2.45) is 0 Å².